The third-order valence-corrected chi connectivity index (χ3v) is 10.2. The monoisotopic (exact) mass is 726 g/mol. The van der Waals surface area contributed by atoms with Crippen LogP contribution in [0, 0.1) is 0 Å². The van der Waals surface area contributed by atoms with E-state index in [-0.39, 0.29) is 0 Å². The fourth-order valence-electron chi connectivity index (χ4n) is 7.85. The fraction of sp³-hybridized carbons (Fsp3) is 0.167. The molecule has 0 aliphatic heterocycles. The van der Waals surface area contributed by atoms with Crippen LogP contribution in [-0.2, 0) is 0 Å². The number of hydrogen-bond donors (Lipinski definition) is 2. The highest BCUT2D eigenvalue weighted by molar-refractivity contribution is 6.59. The van der Waals surface area contributed by atoms with Gasteiger partial charge in [0.15, 0.2) is 0 Å². The van der Waals surface area contributed by atoms with Crippen LogP contribution in [0.1, 0.15) is 27.7 Å². The van der Waals surface area contributed by atoms with E-state index in [1.54, 1.807) is 6.07 Å². The molecule has 8 aromatic carbocycles. The summed E-state index contributed by atoms with van der Waals surface area (Å²) in [5, 5.41) is 28.2. The van der Waals surface area contributed by atoms with Gasteiger partial charge in [-0.1, -0.05) is 91.0 Å². The highest BCUT2D eigenvalue weighted by Gasteiger charge is 2.22. The molecule has 0 unspecified atom stereocenters. The molecule has 0 saturated carbocycles. The highest BCUT2D eigenvalue weighted by Crippen LogP contribution is 2.48. The van der Waals surface area contributed by atoms with E-state index in [9.17, 15) is 10.0 Å². The molecule has 0 heterocycles. The van der Waals surface area contributed by atoms with Crippen molar-refractivity contribution in [2.45, 2.75) is 27.7 Å². The van der Waals surface area contributed by atoms with Crippen molar-refractivity contribution in [1.29, 1.82) is 0 Å². The Morgan fingerprint density at radius 2 is 0.745 bits per heavy atom. The van der Waals surface area contributed by atoms with Crippen LogP contribution in [0.4, 0.5) is 0 Å². The Morgan fingerprint density at radius 1 is 0.382 bits per heavy atom. The Labute approximate surface area is 321 Å². The molecule has 7 heteroatoms. The molecule has 8 rings (SSSR count). The van der Waals surface area contributed by atoms with Crippen LogP contribution in [0.25, 0.3) is 76.5 Å². The Balaban J connectivity index is 1.30. The summed E-state index contributed by atoms with van der Waals surface area (Å²) in [7, 11) is -1.56. The van der Waals surface area contributed by atoms with Gasteiger partial charge in [-0.05, 0) is 124 Å². The molecule has 0 radical (unpaired) electrons. The van der Waals surface area contributed by atoms with Crippen molar-refractivity contribution in [3.63, 3.8) is 0 Å². The second-order valence-corrected chi connectivity index (χ2v) is 13.4. The van der Waals surface area contributed by atoms with Crippen molar-refractivity contribution in [3.8, 4) is 56.4 Å². The minimum atomic E-state index is -1.56. The summed E-state index contributed by atoms with van der Waals surface area (Å²) >= 11 is 0. The van der Waals surface area contributed by atoms with E-state index in [2.05, 4.69) is 91.0 Å². The lowest BCUT2D eigenvalue weighted by atomic mass is 9.79. The van der Waals surface area contributed by atoms with Gasteiger partial charge >= 0.3 is 7.12 Å². The summed E-state index contributed by atoms with van der Waals surface area (Å²) in [6, 6.07) is 43.6. The van der Waals surface area contributed by atoms with Gasteiger partial charge in [-0.2, -0.15) is 0 Å². The van der Waals surface area contributed by atoms with Gasteiger partial charge < -0.3 is 29.0 Å². The Bertz CT molecular complexity index is 2700. The van der Waals surface area contributed by atoms with Gasteiger partial charge in [0.05, 0.1) is 26.4 Å². The standard InChI is InChI=1S/C48H43BO6/c1-5-52-41-23-15-30-11-9-10-12-37(30)45(41)46-38-20-13-31(27-33(38)16-24-42(46)53-6-2)32-14-21-39-34(28-32)17-25-43(54-7-3)47(39)48-40-22-19-36(49(50)51)29-35(40)18-26-44(48)55-8-4/h9-29,50-51H,5-8H2,1-4H3. The molecular formula is C48H43BO6. The molecule has 55 heavy (non-hydrogen) atoms. The average Bonchev–Trinajstić information content (AvgIpc) is 3.21. The van der Waals surface area contributed by atoms with Crippen molar-refractivity contribution >= 4 is 55.7 Å². The summed E-state index contributed by atoms with van der Waals surface area (Å²) < 4.78 is 25.0. The van der Waals surface area contributed by atoms with Crippen molar-refractivity contribution in [1.82, 2.24) is 0 Å². The van der Waals surface area contributed by atoms with E-state index >= 15 is 0 Å². The Hall–Kier alpha value is -6.02. The molecule has 0 aliphatic carbocycles. The third-order valence-electron chi connectivity index (χ3n) is 10.2. The van der Waals surface area contributed by atoms with Gasteiger partial charge in [0.25, 0.3) is 0 Å². The zero-order valence-electron chi connectivity index (χ0n) is 31.6. The van der Waals surface area contributed by atoms with Crippen molar-refractivity contribution < 1.29 is 29.0 Å². The first-order valence-electron chi connectivity index (χ1n) is 19.0. The van der Waals surface area contributed by atoms with Gasteiger partial charge in [0.2, 0.25) is 0 Å². The maximum atomic E-state index is 9.91. The number of fused-ring (bicyclic) bond motifs is 4. The summed E-state index contributed by atoms with van der Waals surface area (Å²) in [4.78, 5) is 0. The normalized spacial score (nSPS) is 11.4. The lowest BCUT2D eigenvalue weighted by molar-refractivity contribution is 0.337. The molecular weight excluding hydrogens is 683 g/mol. The fourth-order valence-corrected chi connectivity index (χ4v) is 7.85. The van der Waals surface area contributed by atoms with Crippen LogP contribution in [0.3, 0.4) is 0 Å². The molecule has 0 saturated heterocycles. The number of hydrogen-bond acceptors (Lipinski definition) is 6. The van der Waals surface area contributed by atoms with E-state index in [1.807, 2.05) is 58.0 Å². The Kier molecular flexibility index (Phi) is 10.1. The molecule has 0 spiro atoms. The summed E-state index contributed by atoms with van der Waals surface area (Å²) in [5.41, 5.74) is 6.51. The van der Waals surface area contributed by atoms with E-state index in [0.717, 1.165) is 99.5 Å². The molecule has 0 aliphatic rings. The summed E-state index contributed by atoms with van der Waals surface area (Å²) in [5.74, 6) is 3.15. The minimum Gasteiger partial charge on any atom is -0.493 e. The van der Waals surface area contributed by atoms with E-state index in [1.165, 1.54) is 0 Å². The van der Waals surface area contributed by atoms with E-state index in [0.29, 0.717) is 31.9 Å². The number of benzene rings is 8. The lowest BCUT2D eigenvalue weighted by Crippen LogP contribution is -2.29. The van der Waals surface area contributed by atoms with Crippen LogP contribution >= 0.6 is 0 Å². The number of ether oxygens (including phenoxy) is 4. The van der Waals surface area contributed by atoms with Gasteiger partial charge in [-0.15, -0.1) is 0 Å². The van der Waals surface area contributed by atoms with Crippen LogP contribution < -0.4 is 24.4 Å². The second kappa shape index (κ2) is 15.4. The molecule has 8 aromatic rings. The summed E-state index contributed by atoms with van der Waals surface area (Å²) in [6.07, 6.45) is 0. The van der Waals surface area contributed by atoms with Crippen LogP contribution in [0.5, 0.6) is 23.0 Å². The maximum absolute atomic E-state index is 9.91. The first-order valence-corrected chi connectivity index (χ1v) is 19.0. The Morgan fingerprint density at radius 3 is 1.16 bits per heavy atom. The molecule has 0 atom stereocenters. The second-order valence-electron chi connectivity index (χ2n) is 13.4. The predicted molar refractivity (Wildman–Crippen MR) is 227 cm³/mol. The summed E-state index contributed by atoms with van der Waals surface area (Å²) in [6.45, 7) is 10.1. The molecule has 0 fully saturated rings. The molecule has 274 valence electrons. The molecule has 0 amide bonds. The van der Waals surface area contributed by atoms with Crippen molar-refractivity contribution in [2.75, 3.05) is 26.4 Å². The first kappa shape index (κ1) is 36.0. The molecule has 0 aromatic heterocycles. The molecule has 0 bridgehead atoms. The zero-order valence-corrected chi connectivity index (χ0v) is 31.6. The molecule has 6 nitrogen and oxygen atoms in total. The van der Waals surface area contributed by atoms with Gasteiger partial charge in [-0.3, -0.25) is 0 Å². The SMILES string of the molecule is CCOc1ccc2ccccc2c1-c1c(OCC)ccc2cc(-c3ccc4c(-c5c(OCC)ccc6cc(B(O)O)ccc56)c(OCC)ccc4c3)ccc12. The van der Waals surface area contributed by atoms with Gasteiger partial charge in [0, 0.05) is 22.3 Å². The first-order chi connectivity index (χ1) is 26.9. The topological polar surface area (TPSA) is 77.4 Å². The van der Waals surface area contributed by atoms with Crippen molar-refractivity contribution in [3.05, 3.63) is 127 Å². The van der Waals surface area contributed by atoms with Gasteiger partial charge in [0.1, 0.15) is 23.0 Å². The van der Waals surface area contributed by atoms with E-state index in [4.69, 9.17) is 18.9 Å². The third kappa shape index (κ3) is 6.60. The van der Waals surface area contributed by atoms with Crippen LogP contribution in [0.15, 0.2) is 127 Å². The molecule has 2 N–H and O–H groups in total. The van der Waals surface area contributed by atoms with Crippen molar-refractivity contribution in [2.24, 2.45) is 0 Å². The smallest absolute Gasteiger partial charge is 0.488 e. The van der Waals surface area contributed by atoms with Crippen LogP contribution in [-0.4, -0.2) is 43.6 Å². The maximum Gasteiger partial charge on any atom is 0.488 e. The lowest BCUT2D eigenvalue weighted by Gasteiger charge is -2.20. The zero-order chi connectivity index (χ0) is 38.1. The quantitative estimate of drug-likeness (QED) is 0.122. The highest BCUT2D eigenvalue weighted by atomic mass is 16.5. The van der Waals surface area contributed by atoms with E-state index < -0.39 is 7.12 Å². The van der Waals surface area contributed by atoms with Crippen LogP contribution in [0.2, 0.25) is 0 Å². The average molecular weight is 727 g/mol. The predicted octanol–water partition coefficient (Wildman–Crippen LogP) is 10.6. The minimum absolute atomic E-state index is 0.429. The largest absolute Gasteiger partial charge is 0.493 e. The van der Waals surface area contributed by atoms with Gasteiger partial charge in [-0.25, -0.2) is 0 Å². The number of rotatable bonds is 12.